The lowest BCUT2D eigenvalue weighted by Crippen LogP contribution is -2.46. The van der Waals surface area contributed by atoms with Gasteiger partial charge in [0, 0.05) is 19.7 Å². The van der Waals surface area contributed by atoms with Crippen LogP contribution in [0, 0.1) is 17.0 Å². The summed E-state index contributed by atoms with van der Waals surface area (Å²) in [6.45, 7) is 3.39. The minimum absolute atomic E-state index is 0.181. The predicted octanol–water partition coefficient (Wildman–Crippen LogP) is 1.69. The molecule has 0 fully saturated rings. The van der Waals surface area contributed by atoms with Crippen LogP contribution < -0.4 is 10.6 Å². The number of halogens is 2. The molecule has 0 atom stereocenters. The molecule has 0 bridgehead atoms. The maximum absolute atomic E-state index is 13.5. The molecule has 5 nitrogen and oxygen atoms in total. The fourth-order valence-electron chi connectivity index (χ4n) is 1.46. The van der Waals surface area contributed by atoms with E-state index in [4.69, 9.17) is 4.74 Å². The fraction of sp³-hybridized carbons (Fsp3) is 0.429. The first kappa shape index (κ1) is 17.0. The summed E-state index contributed by atoms with van der Waals surface area (Å²) in [5, 5.41) is 4.81. The third kappa shape index (κ3) is 4.49. The summed E-state index contributed by atoms with van der Waals surface area (Å²) in [6.07, 6.45) is 0. The van der Waals surface area contributed by atoms with Crippen molar-refractivity contribution in [2.45, 2.75) is 13.8 Å². The molecule has 0 spiro atoms. The van der Waals surface area contributed by atoms with Crippen LogP contribution in [-0.2, 0) is 14.3 Å². The van der Waals surface area contributed by atoms with Crippen LogP contribution in [0.1, 0.15) is 13.8 Å². The Labute approximate surface area is 121 Å². The normalized spacial score (nSPS) is 11.1. The molecule has 0 radical (unpaired) electrons. The second-order valence-corrected chi connectivity index (χ2v) is 4.95. The zero-order valence-electron chi connectivity index (χ0n) is 12.1. The third-order valence-electron chi connectivity index (χ3n) is 2.91. The molecule has 0 heterocycles. The van der Waals surface area contributed by atoms with Gasteiger partial charge in [-0.1, -0.05) is 0 Å². The van der Waals surface area contributed by atoms with Crippen molar-refractivity contribution in [3.63, 3.8) is 0 Å². The monoisotopic (exact) mass is 300 g/mol. The van der Waals surface area contributed by atoms with E-state index in [-0.39, 0.29) is 12.2 Å². The first-order valence-corrected chi connectivity index (χ1v) is 6.32. The average Bonchev–Trinajstić information content (AvgIpc) is 2.41. The van der Waals surface area contributed by atoms with Gasteiger partial charge in [-0.2, -0.15) is 0 Å². The third-order valence-corrected chi connectivity index (χ3v) is 2.91. The zero-order chi connectivity index (χ0) is 16.0. The van der Waals surface area contributed by atoms with Gasteiger partial charge in [0.05, 0.1) is 12.3 Å². The molecule has 0 aliphatic carbocycles. The topological polar surface area (TPSA) is 67.4 Å². The van der Waals surface area contributed by atoms with Gasteiger partial charge in [-0.05, 0) is 26.0 Å². The Hall–Kier alpha value is -2.02. The minimum Gasteiger partial charge on any atom is -0.383 e. The largest absolute Gasteiger partial charge is 0.383 e. The van der Waals surface area contributed by atoms with E-state index in [9.17, 15) is 18.4 Å². The lowest BCUT2D eigenvalue weighted by atomic mass is 9.91. The summed E-state index contributed by atoms with van der Waals surface area (Å²) < 4.78 is 31.1. The number of carbonyl (C=O) groups is 2. The number of benzene rings is 1. The lowest BCUT2D eigenvalue weighted by molar-refractivity contribution is -0.138. The number of methoxy groups -OCH3 is 1. The van der Waals surface area contributed by atoms with Crippen LogP contribution in [0.3, 0.4) is 0 Å². The molecule has 1 aromatic carbocycles. The van der Waals surface area contributed by atoms with Crippen molar-refractivity contribution >= 4 is 17.5 Å². The van der Waals surface area contributed by atoms with Gasteiger partial charge in [-0.3, -0.25) is 9.59 Å². The van der Waals surface area contributed by atoms with E-state index in [1.54, 1.807) is 0 Å². The molecule has 2 N–H and O–H groups in total. The van der Waals surface area contributed by atoms with Crippen LogP contribution in [0.25, 0.3) is 0 Å². The highest BCUT2D eigenvalue weighted by Crippen LogP contribution is 2.21. The van der Waals surface area contributed by atoms with Gasteiger partial charge in [-0.25, -0.2) is 8.78 Å². The van der Waals surface area contributed by atoms with Crippen molar-refractivity contribution in [2.75, 3.05) is 25.6 Å². The van der Waals surface area contributed by atoms with Crippen LogP contribution >= 0.6 is 0 Å². The highest BCUT2D eigenvalue weighted by atomic mass is 19.1. The quantitative estimate of drug-likeness (QED) is 0.620. The Morgan fingerprint density at radius 2 is 1.90 bits per heavy atom. The SMILES string of the molecule is COCCNC(=O)C(C)(C)C(=O)Nc1ccc(F)cc1F. The maximum Gasteiger partial charge on any atom is 0.239 e. The molecule has 1 rings (SSSR count). The molecule has 0 saturated carbocycles. The van der Waals surface area contributed by atoms with Gasteiger partial charge in [0.2, 0.25) is 11.8 Å². The van der Waals surface area contributed by atoms with Crippen molar-refractivity contribution < 1.29 is 23.1 Å². The first-order valence-electron chi connectivity index (χ1n) is 6.32. The molecule has 0 aromatic heterocycles. The molecule has 0 saturated heterocycles. The fourth-order valence-corrected chi connectivity index (χ4v) is 1.46. The Morgan fingerprint density at radius 3 is 2.48 bits per heavy atom. The smallest absolute Gasteiger partial charge is 0.239 e. The highest BCUT2D eigenvalue weighted by Gasteiger charge is 2.36. The molecule has 0 unspecified atom stereocenters. The summed E-state index contributed by atoms with van der Waals surface area (Å²) in [4.78, 5) is 24.0. The Kier molecular flexibility index (Phi) is 5.78. The number of carbonyl (C=O) groups excluding carboxylic acids is 2. The molecule has 0 aliphatic heterocycles. The van der Waals surface area contributed by atoms with Gasteiger partial charge >= 0.3 is 0 Å². The summed E-state index contributed by atoms with van der Waals surface area (Å²) in [6, 6.07) is 2.77. The van der Waals surface area contributed by atoms with Crippen molar-refractivity contribution in [1.29, 1.82) is 0 Å². The summed E-state index contributed by atoms with van der Waals surface area (Å²) in [7, 11) is 1.49. The number of hydrogen-bond acceptors (Lipinski definition) is 3. The van der Waals surface area contributed by atoms with E-state index >= 15 is 0 Å². The Bertz CT molecular complexity index is 533. The molecular weight excluding hydrogens is 282 g/mol. The average molecular weight is 300 g/mol. The first-order chi connectivity index (χ1) is 9.78. The zero-order valence-corrected chi connectivity index (χ0v) is 12.1. The van der Waals surface area contributed by atoms with E-state index in [2.05, 4.69) is 10.6 Å². The molecular formula is C14H18F2N2O3. The number of amides is 2. The number of hydrogen-bond donors (Lipinski definition) is 2. The molecule has 1 aromatic rings. The Morgan fingerprint density at radius 1 is 1.24 bits per heavy atom. The van der Waals surface area contributed by atoms with Crippen molar-refractivity contribution in [1.82, 2.24) is 5.32 Å². The molecule has 2 amide bonds. The van der Waals surface area contributed by atoms with Gasteiger partial charge in [0.1, 0.15) is 17.0 Å². The molecule has 7 heteroatoms. The van der Waals surface area contributed by atoms with Gasteiger partial charge in [0.15, 0.2) is 0 Å². The minimum atomic E-state index is -1.41. The second-order valence-electron chi connectivity index (χ2n) is 4.95. The summed E-state index contributed by atoms with van der Waals surface area (Å²) in [5.41, 5.74) is -1.59. The number of anilines is 1. The van der Waals surface area contributed by atoms with Crippen molar-refractivity contribution in [3.8, 4) is 0 Å². The second kappa shape index (κ2) is 7.12. The summed E-state index contributed by atoms with van der Waals surface area (Å²) in [5.74, 6) is -2.86. The van der Waals surface area contributed by atoms with Gasteiger partial charge in [0.25, 0.3) is 0 Å². The van der Waals surface area contributed by atoms with E-state index in [0.29, 0.717) is 12.7 Å². The number of nitrogens with one attached hydrogen (secondary N) is 2. The van der Waals surface area contributed by atoms with Gasteiger partial charge < -0.3 is 15.4 Å². The van der Waals surface area contributed by atoms with Crippen LogP contribution in [0.15, 0.2) is 18.2 Å². The van der Waals surface area contributed by atoms with Crippen molar-refractivity contribution in [2.24, 2.45) is 5.41 Å². The predicted molar refractivity (Wildman–Crippen MR) is 73.7 cm³/mol. The van der Waals surface area contributed by atoms with Crippen LogP contribution in [-0.4, -0.2) is 32.1 Å². The van der Waals surface area contributed by atoms with E-state index in [1.807, 2.05) is 0 Å². The lowest BCUT2D eigenvalue weighted by Gasteiger charge is -2.22. The van der Waals surface area contributed by atoms with Gasteiger partial charge in [-0.15, -0.1) is 0 Å². The van der Waals surface area contributed by atoms with Crippen molar-refractivity contribution in [3.05, 3.63) is 29.8 Å². The highest BCUT2D eigenvalue weighted by molar-refractivity contribution is 6.09. The maximum atomic E-state index is 13.5. The number of rotatable bonds is 6. The van der Waals surface area contributed by atoms with Crippen LogP contribution in [0.5, 0.6) is 0 Å². The summed E-state index contributed by atoms with van der Waals surface area (Å²) >= 11 is 0. The number of ether oxygens (including phenoxy) is 1. The molecule has 0 aliphatic rings. The van der Waals surface area contributed by atoms with Crippen LogP contribution in [0.2, 0.25) is 0 Å². The standard InChI is InChI=1S/C14H18F2N2O3/c1-14(2,12(19)17-6-7-21-3)13(20)18-11-5-4-9(15)8-10(11)16/h4-5,8H,6-7H2,1-3H3,(H,17,19)(H,18,20). The van der Waals surface area contributed by atoms with E-state index in [1.165, 1.54) is 21.0 Å². The molecule has 21 heavy (non-hydrogen) atoms. The van der Waals surface area contributed by atoms with E-state index < -0.39 is 28.9 Å². The Balaban J connectivity index is 2.74. The van der Waals surface area contributed by atoms with E-state index in [0.717, 1.165) is 12.1 Å². The van der Waals surface area contributed by atoms with Crippen LogP contribution in [0.4, 0.5) is 14.5 Å². The molecule has 116 valence electrons.